The summed E-state index contributed by atoms with van der Waals surface area (Å²) in [6, 6.07) is 6.99. The summed E-state index contributed by atoms with van der Waals surface area (Å²) in [7, 11) is 0. The lowest BCUT2D eigenvalue weighted by Crippen LogP contribution is -2.42. The van der Waals surface area contributed by atoms with Crippen LogP contribution < -0.4 is 16.0 Å². The normalized spacial score (nSPS) is 19.9. The van der Waals surface area contributed by atoms with Crippen molar-refractivity contribution in [3.8, 4) is 17.1 Å². The number of nitrogens with one attached hydrogen (secondary N) is 1. The first-order chi connectivity index (χ1) is 21.2. The Morgan fingerprint density at radius 2 is 1.47 bits per heavy atom. The van der Waals surface area contributed by atoms with Gasteiger partial charge in [0.25, 0.3) is 5.56 Å². The second-order valence-corrected chi connectivity index (χ2v) is 12.1. The average molecular weight is 628 g/mol. The van der Waals surface area contributed by atoms with Gasteiger partial charge in [0.05, 0.1) is 23.9 Å². The number of hydrogen-bond donors (Lipinski definition) is 2. The van der Waals surface area contributed by atoms with Crippen LogP contribution in [0.5, 0.6) is 5.75 Å². The number of nitrogens with zero attached hydrogens (tertiary/aromatic N) is 3. The van der Waals surface area contributed by atoms with Crippen LogP contribution in [0.3, 0.4) is 0 Å². The topological polar surface area (TPSA) is 187 Å². The molecule has 14 heteroatoms. The van der Waals surface area contributed by atoms with E-state index in [0.717, 1.165) is 0 Å². The summed E-state index contributed by atoms with van der Waals surface area (Å²) in [5, 5.41) is 0. The van der Waals surface area contributed by atoms with Gasteiger partial charge in [-0.15, -0.1) is 0 Å². The molecule has 1 aromatic carbocycles. The second kappa shape index (κ2) is 13.7. The Morgan fingerprint density at radius 1 is 0.889 bits per heavy atom. The number of nitrogens with two attached hydrogens (primary N) is 1. The molecule has 3 heterocycles. The predicted molar refractivity (Wildman–Crippen MR) is 163 cm³/mol. The number of aromatic nitrogens is 4. The molecular weight excluding hydrogens is 586 g/mol. The molecule has 45 heavy (non-hydrogen) atoms. The summed E-state index contributed by atoms with van der Waals surface area (Å²) in [5.74, 6) is -2.51. The van der Waals surface area contributed by atoms with Gasteiger partial charge in [0.1, 0.15) is 24.3 Å². The number of benzene rings is 1. The molecule has 244 valence electrons. The zero-order valence-electron chi connectivity index (χ0n) is 26.7. The molecule has 1 aliphatic rings. The van der Waals surface area contributed by atoms with Gasteiger partial charge in [0.15, 0.2) is 29.6 Å². The maximum Gasteiger partial charge on any atom is 0.308 e. The van der Waals surface area contributed by atoms with E-state index in [4.69, 9.17) is 29.4 Å². The number of rotatable bonds is 11. The Kier molecular flexibility index (Phi) is 10.2. The van der Waals surface area contributed by atoms with Gasteiger partial charge in [0, 0.05) is 5.56 Å². The fourth-order valence-electron chi connectivity index (χ4n) is 4.59. The molecule has 0 amide bonds. The van der Waals surface area contributed by atoms with Crippen molar-refractivity contribution in [1.82, 2.24) is 19.5 Å². The van der Waals surface area contributed by atoms with Crippen molar-refractivity contribution >= 4 is 35.0 Å². The first-order valence-corrected chi connectivity index (χ1v) is 15.0. The average Bonchev–Trinajstić information content (AvgIpc) is 3.49. The van der Waals surface area contributed by atoms with E-state index in [1.807, 2.05) is 13.8 Å². The number of esters is 3. The van der Waals surface area contributed by atoms with Gasteiger partial charge in [-0.2, -0.15) is 4.98 Å². The smallest absolute Gasteiger partial charge is 0.308 e. The highest BCUT2D eigenvalue weighted by atomic mass is 16.7. The maximum absolute atomic E-state index is 13.1. The van der Waals surface area contributed by atoms with Crippen LogP contribution in [-0.2, 0) is 33.3 Å². The van der Waals surface area contributed by atoms with Gasteiger partial charge < -0.3 is 29.4 Å². The molecule has 2 aromatic heterocycles. The highest BCUT2D eigenvalue weighted by Crippen LogP contribution is 2.39. The number of carbonyl (C=O) groups excluding carboxylic acids is 3. The van der Waals surface area contributed by atoms with Crippen LogP contribution in [0.1, 0.15) is 61.6 Å². The molecule has 0 unspecified atom stereocenters. The minimum absolute atomic E-state index is 0.0399. The van der Waals surface area contributed by atoms with Crippen molar-refractivity contribution in [2.24, 2.45) is 17.8 Å². The number of nitrogen functional groups attached to an aromatic ring is 1. The van der Waals surface area contributed by atoms with E-state index in [1.165, 1.54) is 4.57 Å². The SMILES string of the molecule is CC(C)Oc1ccc(-c2nc3c(=O)[nH]c(N)nc3n2[C@@H]2O[C@H](COC(=O)C(C)C)[C@@H](OC(=O)C(C)C)[C@H]2OC(=O)C(C)C)cc1. The number of H-pyrrole nitrogens is 1. The van der Waals surface area contributed by atoms with Crippen molar-refractivity contribution in [3.05, 3.63) is 34.6 Å². The van der Waals surface area contributed by atoms with E-state index in [9.17, 15) is 19.2 Å². The third-order valence-electron chi connectivity index (χ3n) is 6.90. The standard InChI is InChI=1S/C31H41N5O9/c1-14(2)28(38)41-13-20-22(44-29(39)15(3)4)23(45-30(40)16(5)6)27(43-20)36-24(18-9-11-19(12-10-18)42-17(7)8)33-21-25(36)34-31(32)35-26(21)37/h9-12,14-17,20,22-23,27H,13H2,1-8H3,(H3,32,34,35,37)/t20-,22-,23-,27-/m1/s1. The summed E-state index contributed by atoms with van der Waals surface area (Å²) >= 11 is 0. The number of aromatic amines is 1. The van der Waals surface area contributed by atoms with Gasteiger partial charge in [0.2, 0.25) is 5.95 Å². The highest BCUT2D eigenvalue weighted by molar-refractivity contribution is 5.78. The Morgan fingerprint density at radius 3 is 2.02 bits per heavy atom. The minimum Gasteiger partial charge on any atom is -0.491 e. The quantitative estimate of drug-likeness (QED) is 0.233. The van der Waals surface area contributed by atoms with E-state index in [0.29, 0.717) is 11.3 Å². The largest absolute Gasteiger partial charge is 0.491 e. The molecule has 0 radical (unpaired) electrons. The Hall–Kier alpha value is -4.46. The predicted octanol–water partition coefficient (Wildman–Crippen LogP) is 3.39. The third-order valence-corrected chi connectivity index (χ3v) is 6.90. The fraction of sp³-hybridized carbons (Fsp3) is 0.548. The molecule has 1 fully saturated rings. The second-order valence-electron chi connectivity index (χ2n) is 12.1. The summed E-state index contributed by atoms with van der Waals surface area (Å²) in [4.78, 5) is 62.8. The van der Waals surface area contributed by atoms with Crippen molar-refractivity contribution in [2.75, 3.05) is 12.3 Å². The number of anilines is 1. The van der Waals surface area contributed by atoms with Gasteiger partial charge in [-0.05, 0) is 38.1 Å². The van der Waals surface area contributed by atoms with Crippen molar-refractivity contribution in [3.63, 3.8) is 0 Å². The summed E-state index contributed by atoms with van der Waals surface area (Å²) in [6.45, 7) is 13.5. The molecule has 4 rings (SSSR count). The zero-order valence-corrected chi connectivity index (χ0v) is 26.7. The number of carbonyl (C=O) groups is 3. The number of ether oxygens (including phenoxy) is 5. The molecule has 0 spiro atoms. The zero-order chi connectivity index (χ0) is 33.2. The van der Waals surface area contributed by atoms with Crippen LogP contribution in [0.4, 0.5) is 5.95 Å². The summed E-state index contributed by atoms with van der Waals surface area (Å²) in [6.07, 6.45) is -4.80. The van der Waals surface area contributed by atoms with Gasteiger partial charge in [-0.25, -0.2) is 4.98 Å². The summed E-state index contributed by atoms with van der Waals surface area (Å²) in [5.41, 5.74) is 5.88. The van der Waals surface area contributed by atoms with Crippen LogP contribution in [-0.4, -0.2) is 68.4 Å². The van der Waals surface area contributed by atoms with Gasteiger partial charge in [-0.1, -0.05) is 41.5 Å². The first kappa shape index (κ1) is 33.4. The van der Waals surface area contributed by atoms with Crippen LogP contribution >= 0.6 is 0 Å². The van der Waals surface area contributed by atoms with E-state index in [-0.39, 0.29) is 35.6 Å². The van der Waals surface area contributed by atoms with Crippen LogP contribution in [0.25, 0.3) is 22.6 Å². The Balaban J connectivity index is 1.91. The van der Waals surface area contributed by atoms with E-state index >= 15 is 0 Å². The molecule has 1 aliphatic heterocycles. The number of fused-ring (bicyclic) bond motifs is 1. The van der Waals surface area contributed by atoms with E-state index < -0.39 is 65.8 Å². The molecule has 3 aromatic rings. The molecule has 0 bridgehead atoms. The van der Waals surface area contributed by atoms with Crippen molar-refractivity contribution in [2.45, 2.75) is 86.0 Å². The van der Waals surface area contributed by atoms with Crippen molar-refractivity contribution < 1.29 is 38.1 Å². The van der Waals surface area contributed by atoms with E-state index in [2.05, 4.69) is 15.0 Å². The van der Waals surface area contributed by atoms with Crippen LogP contribution in [0, 0.1) is 17.8 Å². The molecule has 3 N–H and O–H groups in total. The molecule has 0 saturated carbocycles. The first-order valence-electron chi connectivity index (χ1n) is 15.0. The monoisotopic (exact) mass is 627 g/mol. The molecule has 14 nitrogen and oxygen atoms in total. The number of hydrogen-bond acceptors (Lipinski definition) is 12. The van der Waals surface area contributed by atoms with Gasteiger partial charge in [-0.3, -0.25) is 28.7 Å². The molecule has 4 atom stereocenters. The Labute approximate surface area is 260 Å². The number of imidazole rings is 1. The Bertz CT molecular complexity index is 1590. The molecular formula is C31H41N5O9. The summed E-state index contributed by atoms with van der Waals surface area (Å²) < 4.78 is 31.0. The molecule has 1 saturated heterocycles. The van der Waals surface area contributed by atoms with Crippen LogP contribution in [0.15, 0.2) is 29.1 Å². The third kappa shape index (κ3) is 7.44. The minimum atomic E-state index is -1.26. The van der Waals surface area contributed by atoms with Gasteiger partial charge >= 0.3 is 17.9 Å². The lowest BCUT2D eigenvalue weighted by Gasteiger charge is -2.26. The maximum atomic E-state index is 13.1. The van der Waals surface area contributed by atoms with E-state index in [1.54, 1.807) is 65.8 Å². The van der Waals surface area contributed by atoms with Crippen LogP contribution in [0.2, 0.25) is 0 Å². The highest BCUT2D eigenvalue weighted by Gasteiger charge is 2.52. The fourth-order valence-corrected chi connectivity index (χ4v) is 4.59. The lowest BCUT2D eigenvalue weighted by atomic mass is 10.1. The van der Waals surface area contributed by atoms with Crippen molar-refractivity contribution in [1.29, 1.82) is 0 Å². The lowest BCUT2D eigenvalue weighted by molar-refractivity contribution is -0.173. The molecule has 0 aliphatic carbocycles.